The van der Waals surface area contributed by atoms with Gasteiger partial charge in [0.1, 0.15) is 12.6 Å². The molecule has 7 nitrogen and oxygen atoms in total. The van der Waals surface area contributed by atoms with E-state index in [-0.39, 0.29) is 12.5 Å². The lowest BCUT2D eigenvalue weighted by Crippen LogP contribution is -2.53. The molecule has 192 valence electrons. The van der Waals surface area contributed by atoms with E-state index < -0.39 is 22.0 Å². The molecule has 0 aromatic heterocycles. The van der Waals surface area contributed by atoms with Gasteiger partial charge in [0.25, 0.3) is 0 Å². The lowest BCUT2D eigenvalue weighted by atomic mass is 10.1. The Morgan fingerprint density at radius 2 is 1.60 bits per heavy atom. The van der Waals surface area contributed by atoms with Gasteiger partial charge >= 0.3 is 0 Å². The first kappa shape index (κ1) is 28.4. The van der Waals surface area contributed by atoms with Gasteiger partial charge in [0, 0.05) is 13.1 Å². The monoisotopic (exact) mass is 501 g/mol. The van der Waals surface area contributed by atoms with Crippen LogP contribution in [0, 0.1) is 13.8 Å². The van der Waals surface area contributed by atoms with E-state index in [2.05, 4.69) is 5.32 Å². The quantitative estimate of drug-likeness (QED) is 0.423. The number of hydrogen-bond acceptors (Lipinski definition) is 4. The topological polar surface area (TPSA) is 86.8 Å². The van der Waals surface area contributed by atoms with Gasteiger partial charge in [-0.05, 0) is 49.8 Å². The number of nitrogens with one attached hydrogen (secondary N) is 1. The molecule has 0 aliphatic carbocycles. The van der Waals surface area contributed by atoms with Gasteiger partial charge in [-0.1, -0.05) is 68.8 Å². The molecule has 35 heavy (non-hydrogen) atoms. The molecule has 0 fully saturated rings. The summed E-state index contributed by atoms with van der Waals surface area (Å²) in [6.45, 7) is 8.07. The van der Waals surface area contributed by atoms with Gasteiger partial charge in [-0.25, -0.2) is 8.42 Å². The van der Waals surface area contributed by atoms with Crippen molar-refractivity contribution in [3.8, 4) is 0 Å². The van der Waals surface area contributed by atoms with Gasteiger partial charge in [0.05, 0.1) is 11.9 Å². The fraction of sp³-hybridized carbons (Fsp3) is 0.481. The molecule has 0 spiro atoms. The third kappa shape index (κ3) is 8.09. The van der Waals surface area contributed by atoms with Crippen LogP contribution in [-0.4, -0.2) is 57.1 Å². The van der Waals surface area contributed by atoms with E-state index in [1.165, 1.54) is 0 Å². The number of nitrogens with zero attached hydrogens (tertiary/aromatic N) is 2. The fourth-order valence-electron chi connectivity index (χ4n) is 4.18. The first-order valence-corrected chi connectivity index (χ1v) is 14.1. The van der Waals surface area contributed by atoms with Gasteiger partial charge in [-0.2, -0.15) is 0 Å². The van der Waals surface area contributed by atoms with Crippen molar-refractivity contribution in [2.24, 2.45) is 0 Å². The highest BCUT2D eigenvalue weighted by Crippen LogP contribution is 2.27. The van der Waals surface area contributed by atoms with E-state index in [4.69, 9.17) is 0 Å². The SMILES string of the molecule is CCCCNC(=O)[C@@H](CC)N(CCc1ccccc1)C(=O)CN(c1c(C)cccc1C)S(C)(=O)=O. The Kier molecular flexibility index (Phi) is 10.8. The number of benzene rings is 2. The lowest BCUT2D eigenvalue weighted by Gasteiger charge is -2.33. The van der Waals surface area contributed by atoms with E-state index >= 15 is 0 Å². The van der Waals surface area contributed by atoms with Gasteiger partial charge in [-0.15, -0.1) is 0 Å². The molecule has 8 heteroatoms. The minimum Gasteiger partial charge on any atom is -0.354 e. The summed E-state index contributed by atoms with van der Waals surface area (Å²) in [6, 6.07) is 14.6. The van der Waals surface area contributed by atoms with Gasteiger partial charge in [0.2, 0.25) is 21.8 Å². The van der Waals surface area contributed by atoms with E-state index in [1.807, 2.05) is 76.2 Å². The smallest absolute Gasteiger partial charge is 0.244 e. The highest BCUT2D eigenvalue weighted by Gasteiger charge is 2.32. The van der Waals surface area contributed by atoms with Crippen LogP contribution in [-0.2, 0) is 26.0 Å². The third-order valence-electron chi connectivity index (χ3n) is 6.07. The molecule has 0 saturated carbocycles. The molecular formula is C27H39N3O4S. The molecule has 0 aliphatic rings. The summed E-state index contributed by atoms with van der Waals surface area (Å²) in [7, 11) is -3.74. The van der Waals surface area contributed by atoms with Crippen LogP contribution in [0.3, 0.4) is 0 Å². The maximum atomic E-state index is 13.7. The van der Waals surface area contributed by atoms with Crippen molar-refractivity contribution in [3.05, 3.63) is 65.2 Å². The molecule has 1 atom stereocenters. The molecule has 0 saturated heterocycles. The van der Waals surface area contributed by atoms with E-state index in [1.54, 1.807) is 4.90 Å². The van der Waals surface area contributed by atoms with Crippen LogP contribution in [0.25, 0.3) is 0 Å². The number of aryl methyl sites for hydroxylation is 2. The number of anilines is 1. The predicted octanol–water partition coefficient (Wildman–Crippen LogP) is 3.84. The Labute approximate surface area is 210 Å². The van der Waals surface area contributed by atoms with Crippen LogP contribution in [0.2, 0.25) is 0 Å². The number of unbranched alkanes of at least 4 members (excludes halogenated alkanes) is 1. The molecule has 0 aliphatic heterocycles. The number of amides is 2. The maximum absolute atomic E-state index is 13.7. The third-order valence-corrected chi connectivity index (χ3v) is 7.18. The van der Waals surface area contributed by atoms with Crippen molar-refractivity contribution in [1.82, 2.24) is 10.2 Å². The molecule has 0 unspecified atom stereocenters. The molecule has 2 aromatic carbocycles. The second kappa shape index (κ2) is 13.3. The Hall–Kier alpha value is -2.87. The average molecular weight is 502 g/mol. The maximum Gasteiger partial charge on any atom is 0.244 e. The first-order valence-electron chi connectivity index (χ1n) is 12.2. The van der Waals surface area contributed by atoms with Crippen molar-refractivity contribution < 1.29 is 18.0 Å². The second-order valence-electron chi connectivity index (χ2n) is 8.90. The Morgan fingerprint density at radius 3 is 2.14 bits per heavy atom. The number of carbonyl (C=O) groups excluding carboxylic acids is 2. The minimum absolute atomic E-state index is 0.208. The molecule has 2 amide bonds. The van der Waals surface area contributed by atoms with Crippen LogP contribution in [0.1, 0.15) is 49.8 Å². The molecule has 2 aromatic rings. The molecular weight excluding hydrogens is 462 g/mol. The van der Waals surface area contributed by atoms with Crippen molar-refractivity contribution in [2.45, 2.75) is 59.4 Å². The predicted molar refractivity (Wildman–Crippen MR) is 142 cm³/mol. The number of sulfonamides is 1. The zero-order valence-electron chi connectivity index (χ0n) is 21.6. The number of rotatable bonds is 13. The standard InChI is InChI=1S/C27H39N3O4S/c1-6-8-18-28-27(32)24(7-2)29(19-17-23-15-10-9-11-16-23)25(31)20-30(35(5,33)34)26-21(3)13-12-14-22(26)4/h9-16,24H,6-8,17-20H2,1-5H3,(H,28,32)/t24-/m1/s1. The summed E-state index contributed by atoms with van der Waals surface area (Å²) < 4.78 is 26.8. The van der Waals surface area contributed by atoms with Gasteiger partial charge in [-0.3, -0.25) is 13.9 Å². The molecule has 0 bridgehead atoms. The Morgan fingerprint density at radius 1 is 0.971 bits per heavy atom. The zero-order valence-corrected chi connectivity index (χ0v) is 22.4. The fourth-order valence-corrected chi connectivity index (χ4v) is 5.14. The van der Waals surface area contributed by atoms with Crippen LogP contribution in [0.4, 0.5) is 5.69 Å². The lowest BCUT2D eigenvalue weighted by molar-refractivity contribution is -0.139. The zero-order chi connectivity index (χ0) is 26.0. The molecule has 0 heterocycles. The number of para-hydroxylation sites is 1. The average Bonchev–Trinajstić information content (AvgIpc) is 2.81. The van der Waals surface area contributed by atoms with Crippen LogP contribution in [0.5, 0.6) is 0 Å². The molecule has 1 N–H and O–H groups in total. The normalized spacial score (nSPS) is 12.1. The summed E-state index contributed by atoms with van der Waals surface area (Å²) in [5.41, 5.74) is 3.08. The highest BCUT2D eigenvalue weighted by atomic mass is 32.2. The van der Waals surface area contributed by atoms with E-state index in [9.17, 15) is 18.0 Å². The molecule has 2 rings (SSSR count). The van der Waals surface area contributed by atoms with Crippen molar-refractivity contribution in [2.75, 3.05) is 30.2 Å². The van der Waals surface area contributed by atoms with Crippen molar-refractivity contribution in [3.63, 3.8) is 0 Å². The number of hydrogen-bond donors (Lipinski definition) is 1. The van der Waals surface area contributed by atoms with Crippen LogP contribution < -0.4 is 9.62 Å². The number of carbonyl (C=O) groups is 2. The Bertz CT molecular complexity index is 1070. The van der Waals surface area contributed by atoms with E-state index in [0.717, 1.165) is 40.1 Å². The summed E-state index contributed by atoms with van der Waals surface area (Å²) >= 11 is 0. The second-order valence-corrected chi connectivity index (χ2v) is 10.8. The van der Waals surface area contributed by atoms with E-state index in [0.29, 0.717) is 31.6 Å². The van der Waals surface area contributed by atoms with Gasteiger partial charge in [0.15, 0.2) is 0 Å². The molecule has 0 radical (unpaired) electrons. The first-order chi connectivity index (χ1) is 16.6. The van der Waals surface area contributed by atoms with Crippen LogP contribution >= 0.6 is 0 Å². The Balaban J connectivity index is 2.38. The summed E-state index contributed by atoms with van der Waals surface area (Å²) in [6.07, 6.45) is 3.91. The summed E-state index contributed by atoms with van der Waals surface area (Å²) in [4.78, 5) is 28.3. The summed E-state index contributed by atoms with van der Waals surface area (Å²) in [5.74, 6) is -0.605. The van der Waals surface area contributed by atoms with Gasteiger partial charge < -0.3 is 10.2 Å². The van der Waals surface area contributed by atoms with Crippen molar-refractivity contribution >= 4 is 27.5 Å². The summed E-state index contributed by atoms with van der Waals surface area (Å²) in [5, 5.41) is 2.94. The highest BCUT2D eigenvalue weighted by molar-refractivity contribution is 7.92. The van der Waals surface area contributed by atoms with Crippen molar-refractivity contribution in [1.29, 1.82) is 0 Å². The minimum atomic E-state index is -3.74. The van der Waals surface area contributed by atoms with Crippen LogP contribution in [0.15, 0.2) is 48.5 Å². The largest absolute Gasteiger partial charge is 0.354 e.